The molecule has 1 aliphatic rings. The van der Waals surface area contributed by atoms with Gasteiger partial charge in [0.25, 0.3) is 0 Å². The summed E-state index contributed by atoms with van der Waals surface area (Å²) in [5.74, 6) is 0.446. The second kappa shape index (κ2) is 3.08. The van der Waals surface area contributed by atoms with Crippen LogP contribution in [-0.2, 0) is 9.53 Å². The molecule has 0 aromatic carbocycles. The number of carbonyl (C=O) groups is 1. The maximum Gasteiger partial charge on any atom is 0.309 e. The molecular formula is C7H11BO2. The van der Waals surface area contributed by atoms with Crippen LogP contribution in [0.2, 0.25) is 6.32 Å². The Morgan fingerprint density at radius 2 is 2.50 bits per heavy atom. The van der Waals surface area contributed by atoms with Gasteiger partial charge in [0.05, 0.1) is 20.4 Å². The van der Waals surface area contributed by atoms with Crippen molar-refractivity contribution in [2.45, 2.75) is 19.7 Å². The summed E-state index contributed by atoms with van der Waals surface area (Å²) in [6.45, 7) is 2.30. The standard InChI is InChI=1S/C7H11BO2/c1-2-10-7(9)6-3-5(6)4-8/h5-6H,2-4H2,1H3/t5-,6+/m0/s1. The van der Waals surface area contributed by atoms with Crippen LogP contribution < -0.4 is 0 Å². The summed E-state index contributed by atoms with van der Waals surface area (Å²) in [5.41, 5.74) is 0. The highest BCUT2D eigenvalue weighted by Crippen LogP contribution is 2.41. The summed E-state index contributed by atoms with van der Waals surface area (Å²) in [5, 5.41) is 0. The van der Waals surface area contributed by atoms with Gasteiger partial charge in [0.1, 0.15) is 0 Å². The smallest absolute Gasteiger partial charge is 0.309 e. The van der Waals surface area contributed by atoms with Crippen LogP contribution in [0.1, 0.15) is 13.3 Å². The lowest BCUT2D eigenvalue weighted by molar-refractivity contribution is -0.144. The molecule has 0 unspecified atom stereocenters. The third kappa shape index (κ3) is 1.52. The Balaban J connectivity index is 2.19. The minimum atomic E-state index is -0.0713. The zero-order valence-corrected chi connectivity index (χ0v) is 6.17. The Morgan fingerprint density at radius 1 is 1.80 bits per heavy atom. The van der Waals surface area contributed by atoms with Crippen LogP contribution in [0.5, 0.6) is 0 Å². The first-order valence-corrected chi connectivity index (χ1v) is 3.66. The first-order chi connectivity index (χ1) is 4.79. The van der Waals surface area contributed by atoms with Gasteiger partial charge in [-0.1, -0.05) is 6.32 Å². The second-order valence-electron chi connectivity index (χ2n) is 2.59. The van der Waals surface area contributed by atoms with E-state index in [1.807, 2.05) is 6.92 Å². The fourth-order valence-corrected chi connectivity index (χ4v) is 1.05. The van der Waals surface area contributed by atoms with E-state index in [0.29, 0.717) is 18.8 Å². The van der Waals surface area contributed by atoms with Crippen LogP contribution >= 0.6 is 0 Å². The van der Waals surface area contributed by atoms with Crippen molar-refractivity contribution in [3.05, 3.63) is 0 Å². The normalized spacial score (nSPS) is 29.7. The Kier molecular flexibility index (Phi) is 2.36. The zero-order valence-electron chi connectivity index (χ0n) is 6.17. The predicted molar refractivity (Wildman–Crippen MR) is 38.8 cm³/mol. The van der Waals surface area contributed by atoms with Crippen molar-refractivity contribution in [2.75, 3.05) is 6.61 Å². The van der Waals surface area contributed by atoms with Gasteiger partial charge in [0.15, 0.2) is 0 Å². The summed E-state index contributed by atoms with van der Waals surface area (Å²) >= 11 is 0. The molecule has 1 fully saturated rings. The maximum absolute atomic E-state index is 10.9. The molecule has 1 aliphatic carbocycles. The van der Waals surface area contributed by atoms with Crippen molar-refractivity contribution in [2.24, 2.45) is 11.8 Å². The lowest BCUT2D eigenvalue weighted by atomic mass is 9.99. The third-order valence-electron chi connectivity index (χ3n) is 1.81. The average Bonchev–Trinajstić information content (AvgIpc) is 2.66. The Bertz CT molecular complexity index is 136. The fraction of sp³-hybridized carbons (Fsp3) is 0.857. The van der Waals surface area contributed by atoms with Gasteiger partial charge in [-0.25, -0.2) is 0 Å². The number of esters is 1. The van der Waals surface area contributed by atoms with Gasteiger partial charge in [-0.3, -0.25) is 4.79 Å². The van der Waals surface area contributed by atoms with Crippen LogP contribution in [0, 0.1) is 11.8 Å². The van der Waals surface area contributed by atoms with Crippen molar-refractivity contribution < 1.29 is 9.53 Å². The van der Waals surface area contributed by atoms with E-state index in [-0.39, 0.29) is 11.9 Å². The molecular weight excluding hydrogens is 127 g/mol. The highest BCUT2D eigenvalue weighted by molar-refractivity contribution is 6.09. The quantitative estimate of drug-likeness (QED) is 0.425. The molecule has 10 heavy (non-hydrogen) atoms. The van der Waals surface area contributed by atoms with Gasteiger partial charge in [0, 0.05) is 0 Å². The van der Waals surface area contributed by atoms with Crippen LogP contribution in [0.3, 0.4) is 0 Å². The van der Waals surface area contributed by atoms with Crippen molar-refractivity contribution in [1.29, 1.82) is 0 Å². The van der Waals surface area contributed by atoms with Gasteiger partial charge in [-0.15, -0.1) is 0 Å². The van der Waals surface area contributed by atoms with E-state index in [1.54, 1.807) is 0 Å². The molecule has 0 aromatic heterocycles. The number of carbonyl (C=O) groups excluding carboxylic acids is 1. The summed E-state index contributed by atoms with van der Waals surface area (Å²) in [7, 11) is 5.35. The largest absolute Gasteiger partial charge is 0.466 e. The van der Waals surface area contributed by atoms with Gasteiger partial charge < -0.3 is 4.74 Å². The topological polar surface area (TPSA) is 26.3 Å². The highest BCUT2D eigenvalue weighted by atomic mass is 16.5. The molecule has 0 spiro atoms. The zero-order chi connectivity index (χ0) is 7.56. The SMILES string of the molecule is [B]C[C@@H]1C[C@H]1C(=O)OCC. The molecule has 0 bridgehead atoms. The lowest BCUT2D eigenvalue weighted by Gasteiger charge is -1.98. The van der Waals surface area contributed by atoms with Crippen LogP contribution in [-0.4, -0.2) is 20.4 Å². The van der Waals surface area contributed by atoms with Crippen molar-refractivity contribution >= 4 is 13.8 Å². The summed E-state index contributed by atoms with van der Waals surface area (Å²) in [6.07, 6.45) is 1.54. The van der Waals surface area contributed by atoms with Crippen molar-refractivity contribution in [3.8, 4) is 0 Å². The summed E-state index contributed by atoms with van der Waals surface area (Å²) < 4.78 is 4.80. The molecule has 54 valence electrons. The van der Waals surface area contributed by atoms with Crippen molar-refractivity contribution in [3.63, 3.8) is 0 Å². The van der Waals surface area contributed by atoms with Crippen LogP contribution in [0.25, 0.3) is 0 Å². The minimum absolute atomic E-state index is 0.0713. The molecule has 0 amide bonds. The first kappa shape index (κ1) is 7.64. The van der Waals surface area contributed by atoms with E-state index in [9.17, 15) is 4.79 Å². The van der Waals surface area contributed by atoms with E-state index in [0.717, 1.165) is 6.42 Å². The Labute approximate surface area is 62.3 Å². The molecule has 2 radical (unpaired) electrons. The maximum atomic E-state index is 10.9. The molecule has 0 N–H and O–H groups in total. The number of hydrogen-bond donors (Lipinski definition) is 0. The molecule has 2 atom stereocenters. The number of hydrogen-bond acceptors (Lipinski definition) is 2. The number of rotatable bonds is 3. The molecule has 0 saturated heterocycles. The molecule has 3 heteroatoms. The van der Waals surface area contributed by atoms with E-state index in [1.165, 1.54) is 0 Å². The fourth-order valence-electron chi connectivity index (χ4n) is 1.05. The minimum Gasteiger partial charge on any atom is -0.466 e. The Hall–Kier alpha value is -0.465. The van der Waals surface area contributed by atoms with E-state index in [4.69, 9.17) is 12.6 Å². The van der Waals surface area contributed by atoms with E-state index >= 15 is 0 Å². The molecule has 1 rings (SSSR count). The second-order valence-corrected chi connectivity index (χ2v) is 2.59. The van der Waals surface area contributed by atoms with Gasteiger partial charge in [-0.2, -0.15) is 0 Å². The first-order valence-electron chi connectivity index (χ1n) is 3.66. The molecule has 0 aromatic rings. The van der Waals surface area contributed by atoms with Gasteiger partial charge >= 0.3 is 5.97 Å². The van der Waals surface area contributed by atoms with Crippen LogP contribution in [0.4, 0.5) is 0 Å². The third-order valence-corrected chi connectivity index (χ3v) is 1.81. The number of ether oxygens (including phenoxy) is 1. The summed E-state index contributed by atoms with van der Waals surface area (Å²) in [4.78, 5) is 10.9. The predicted octanol–water partition coefficient (Wildman–Crippen LogP) is 0.772. The molecule has 2 nitrogen and oxygen atoms in total. The van der Waals surface area contributed by atoms with Gasteiger partial charge in [0.2, 0.25) is 0 Å². The van der Waals surface area contributed by atoms with Crippen molar-refractivity contribution in [1.82, 2.24) is 0 Å². The highest BCUT2D eigenvalue weighted by Gasteiger charge is 2.42. The molecule has 0 aliphatic heterocycles. The van der Waals surface area contributed by atoms with Crippen LogP contribution in [0.15, 0.2) is 0 Å². The molecule has 0 heterocycles. The van der Waals surface area contributed by atoms with E-state index < -0.39 is 0 Å². The lowest BCUT2D eigenvalue weighted by Crippen LogP contribution is -2.07. The molecule has 1 saturated carbocycles. The van der Waals surface area contributed by atoms with Gasteiger partial charge in [-0.05, 0) is 19.3 Å². The average molecular weight is 138 g/mol. The Morgan fingerprint density at radius 3 is 2.90 bits per heavy atom. The van der Waals surface area contributed by atoms with E-state index in [2.05, 4.69) is 0 Å². The summed E-state index contributed by atoms with van der Waals surface area (Å²) in [6, 6.07) is 0. The monoisotopic (exact) mass is 138 g/mol.